The van der Waals surface area contributed by atoms with Crippen molar-refractivity contribution in [3.8, 4) is 0 Å². The van der Waals surface area contributed by atoms with Crippen molar-refractivity contribution in [1.82, 2.24) is 0 Å². The van der Waals surface area contributed by atoms with Crippen LogP contribution in [-0.2, 0) is 0 Å². The Hall–Kier alpha value is -0.300. The molecule has 0 aromatic carbocycles. The summed E-state index contributed by atoms with van der Waals surface area (Å²) in [7, 11) is 0. The van der Waals surface area contributed by atoms with Gasteiger partial charge in [-0.25, -0.2) is 0 Å². The molecule has 60 valence electrons. The van der Waals surface area contributed by atoms with Gasteiger partial charge >= 0.3 is 0 Å². The van der Waals surface area contributed by atoms with Crippen molar-refractivity contribution in [2.24, 2.45) is 11.7 Å². The average Bonchev–Trinajstić information content (AvgIpc) is 1.99. The van der Waals surface area contributed by atoms with Gasteiger partial charge in [0.25, 0.3) is 0 Å². The van der Waals surface area contributed by atoms with Gasteiger partial charge in [-0.15, -0.1) is 0 Å². The second kappa shape index (κ2) is 5.48. The summed E-state index contributed by atoms with van der Waals surface area (Å²) in [4.78, 5) is 0. The van der Waals surface area contributed by atoms with Crippen LogP contribution in [0.2, 0.25) is 0 Å². The first-order valence-electron chi connectivity index (χ1n) is 4.07. The topological polar surface area (TPSA) is 26.0 Å². The molecular formula is C9H19N. The summed E-state index contributed by atoms with van der Waals surface area (Å²) in [5.74, 6) is 0.656. The summed E-state index contributed by atoms with van der Waals surface area (Å²) in [6.07, 6.45) is 3.45. The third-order valence-electron chi connectivity index (χ3n) is 1.89. The van der Waals surface area contributed by atoms with Gasteiger partial charge in [-0.2, -0.15) is 0 Å². The van der Waals surface area contributed by atoms with Crippen LogP contribution in [-0.4, -0.2) is 6.54 Å². The van der Waals surface area contributed by atoms with Crippen LogP contribution in [0.4, 0.5) is 0 Å². The molecule has 0 saturated carbocycles. The molecule has 0 bridgehead atoms. The van der Waals surface area contributed by atoms with E-state index in [0.29, 0.717) is 5.92 Å². The van der Waals surface area contributed by atoms with Gasteiger partial charge < -0.3 is 5.73 Å². The van der Waals surface area contributed by atoms with Crippen LogP contribution in [0.25, 0.3) is 0 Å². The van der Waals surface area contributed by atoms with E-state index in [4.69, 9.17) is 5.73 Å². The van der Waals surface area contributed by atoms with Crippen molar-refractivity contribution in [1.29, 1.82) is 0 Å². The van der Waals surface area contributed by atoms with Gasteiger partial charge in [-0.05, 0) is 31.7 Å². The van der Waals surface area contributed by atoms with Gasteiger partial charge in [0.2, 0.25) is 0 Å². The highest BCUT2D eigenvalue weighted by molar-refractivity contribution is 4.92. The summed E-state index contributed by atoms with van der Waals surface area (Å²) in [6.45, 7) is 9.07. The number of nitrogens with two attached hydrogens (primary N) is 1. The lowest BCUT2D eigenvalue weighted by molar-refractivity contribution is 0.540. The van der Waals surface area contributed by atoms with Crippen LogP contribution < -0.4 is 5.73 Å². The highest BCUT2D eigenvalue weighted by Gasteiger charge is 1.98. The monoisotopic (exact) mass is 141 g/mol. The maximum Gasteiger partial charge on any atom is -0.00514 e. The van der Waals surface area contributed by atoms with E-state index in [9.17, 15) is 0 Å². The fourth-order valence-electron chi connectivity index (χ4n) is 0.745. The molecule has 1 nitrogen and oxygen atoms in total. The molecular weight excluding hydrogens is 122 g/mol. The minimum atomic E-state index is 0.656. The average molecular weight is 141 g/mol. The van der Waals surface area contributed by atoms with Gasteiger partial charge in [0.1, 0.15) is 0 Å². The van der Waals surface area contributed by atoms with Crippen LogP contribution in [0.1, 0.15) is 33.1 Å². The van der Waals surface area contributed by atoms with Crippen molar-refractivity contribution in [3.05, 3.63) is 12.2 Å². The van der Waals surface area contributed by atoms with Crippen molar-refractivity contribution >= 4 is 0 Å². The summed E-state index contributed by atoms with van der Waals surface area (Å²) in [5, 5.41) is 0. The first kappa shape index (κ1) is 9.70. The maximum absolute atomic E-state index is 5.47. The predicted octanol–water partition coefficient (Wildman–Crippen LogP) is 2.33. The Morgan fingerprint density at radius 3 is 2.60 bits per heavy atom. The van der Waals surface area contributed by atoms with Crippen LogP contribution in [0.15, 0.2) is 12.2 Å². The van der Waals surface area contributed by atoms with E-state index in [1.165, 1.54) is 12.0 Å². The van der Waals surface area contributed by atoms with E-state index in [0.717, 1.165) is 19.4 Å². The SMILES string of the molecule is C=C(CC)CCC(C)CN. The minimum Gasteiger partial charge on any atom is -0.330 e. The lowest BCUT2D eigenvalue weighted by Crippen LogP contribution is -2.10. The Kier molecular flexibility index (Phi) is 5.32. The molecule has 0 heterocycles. The van der Waals surface area contributed by atoms with Crippen molar-refractivity contribution in [3.63, 3.8) is 0 Å². The zero-order chi connectivity index (χ0) is 7.98. The normalized spacial score (nSPS) is 13.1. The van der Waals surface area contributed by atoms with E-state index >= 15 is 0 Å². The molecule has 0 saturated heterocycles. The highest BCUT2D eigenvalue weighted by Crippen LogP contribution is 2.11. The molecule has 0 aliphatic heterocycles. The van der Waals surface area contributed by atoms with Crippen LogP contribution in [0.5, 0.6) is 0 Å². The standard InChI is InChI=1S/C9H19N/c1-4-8(2)5-6-9(3)7-10/h9H,2,4-7,10H2,1,3H3. The Morgan fingerprint density at radius 1 is 1.60 bits per heavy atom. The third-order valence-corrected chi connectivity index (χ3v) is 1.89. The molecule has 0 rings (SSSR count). The molecule has 1 atom stereocenters. The first-order valence-corrected chi connectivity index (χ1v) is 4.07. The summed E-state index contributed by atoms with van der Waals surface area (Å²) in [5.41, 5.74) is 6.82. The number of hydrogen-bond donors (Lipinski definition) is 1. The molecule has 2 N–H and O–H groups in total. The van der Waals surface area contributed by atoms with Gasteiger partial charge in [0.15, 0.2) is 0 Å². The second-order valence-electron chi connectivity index (χ2n) is 2.98. The Bertz CT molecular complexity index is 96.9. The lowest BCUT2D eigenvalue weighted by Gasteiger charge is -2.07. The zero-order valence-corrected chi connectivity index (χ0v) is 7.19. The van der Waals surface area contributed by atoms with Gasteiger partial charge in [-0.1, -0.05) is 26.0 Å². The lowest BCUT2D eigenvalue weighted by atomic mass is 10.0. The van der Waals surface area contributed by atoms with E-state index < -0.39 is 0 Å². The Labute approximate surface area is 64.3 Å². The van der Waals surface area contributed by atoms with Crippen LogP contribution in [0, 0.1) is 5.92 Å². The Morgan fingerprint density at radius 2 is 2.20 bits per heavy atom. The minimum absolute atomic E-state index is 0.656. The fourth-order valence-corrected chi connectivity index (χ4v) is 0.745. The summed E-state index contributed by atoms with van der Waals surface area (Å²) >= 11 is 0. The summed E-state index contributed by atoms with van der Waals surface area (Å²) in [6, 6.07) is 0. The maximum atomic E-state index is 5.47. The molecule has 0 aliphatic carbocycles. The van der Waals surface area contributed by atoms with Crippen molar-refractivity contribution < 1.29 is 0 Å². The number of allylic oxidation sites excluding steroid dienone is 1. The quantitative estimate of drug-likeness (QED) is 0.584. The van der Waals surface area contributed by atoms with Crippen molar-refractivity contribution in [2.45, 2.75) is 33.1 Å². The van der Waals surface area contributed by atoms with E-state index in [1.807, 2.05) is 0 Å². The molecule has 0 spiro atoms. The molecule has 0 fully saturated rings. The largest absolute Gasteiger partial charge is 0.330 e. The number of hydrogen-bond acceptors (Lipinski definition) is 1. The van der Waals surface area contributed by atoms with Gasteiger partial charge in [0.05, 0.1) is 0 Å². The van der Waals surface area contributed by atoms with Crippen LogP contribution in [0.3, 0.4) is 0 Å². The molecule has 0 aliphatic rings. The summed E-state index contributed by atoms with van der Waals surface area (Å²) < 4.78 is 0. The number of rotatable bonds is 5. The molecule has 0 radical (unpaired) electrons. The van der Waals surface area contributed by atoms with Gasteiger partial charge in [-0.3, -0.25) is 0 Å². The van der Waals surface area contributed by atoms with E-state index in [1.54, 1.807) is 0 Å². The smallest absolute Gasteiger partial charge is 0.00514 e. The van der Waals surface area contributed by atoms with Crippen LogP contribution >= 0.6 is 0 Å². The fraction of sp³-hybridized carbons (Fsp3) is 0.778. The molecule has 1 heteroatoms. The molecule has 1 unspecified atom stereocenters. The molecule has 0 amide bonds. The predicted molar refractivity (Wildman–Crippen MR) is 46.9 cm³/mol. The third kappa shape index (κ3) is 4.57. The van der Waals surface area contributed by atoms with Gasteiger partial charge in [0, 0.05) is 0 Å². The van der Waals surface area contributed by atoms with E-state index in [-0.39, 0.29) is 0 Å². The first-order chi connectivity index (χ1) is 4.70. The van der Waals surface area contributed by atoms with E-state index in [2.05, 4.69) is 20.4 Å². The Balaban J connectivity index is 3.26. The highest BCUT2D eigenvalue weighted by atomic mass is 14.5. The molecule has 10 heavy (non-hydrogen) atoms. The van der Waals surface area contributed by atoms with Crippen molar-refractivity contribution in [2.75, 3.05) is 6.54 Å². The molecule has 0 aromatic heterocycles. The molecule has 0 aromatic rings. The zero-order valence-electron chi connectivity index (χ0n) is 7.19. The second-order valence-corrected chi connectivity index (χ2v) is 2.98.